The van der Waals surface area contributed by atoms with Crippen molar-refractivity contribution in [1.29, 1.82) is 0 Å². The van der Waals surface area contributed by atoms with Crippen LogP contribution in [0, 0.1) is 0 Å². The largest absolute Gasteiger partial charge is 0.296 e. The van der Waals surface area contributed by atoms with Crippen LogP contribution in [0.25, 0.3) is 23.0 Å². The lowest BCUT2D eigenvalue weighted by atomic mass is 10.0. The van der Waals surface area contributed by atoms with Crippen molar-refractivity contribution in [3.05, 3.63) is 90.0 Å². The normalized spacial score (nSPS) is 16.4. The molecule has 1 aliphatic heterocycles. The van der Waals surface area contributed by atoms with E-state index in [1.807, 2.05) is 35.0 Å². The summed E-state index contributed by atoms with van der Waals surface area (Å²) in [5.74, 6) is -0.542. The summed E-state index contributed by atoms with van der Waals surface area (Å²) in [4.78, 5) is 22.5. The van der Waals surface area contributed by atoms with Gasteiger partial charge >= 0.3 is 0 Å². The maximum Gasteiger partial charge on any atom is 0.267 e. The SMILES string of the molecule is O=C(/C=C/c1ccc([C@@H]2CCCN2CCc2c(-c3cnccn3)nn3ccccc23)cc1)NO. The lowest BCUT2D eigenvalue weighted by molar-refractivity contribution is -0.124. The van der Waals surface area contributed by atoms with Crippen molar-refractivity contribution in [3.63, 3.8) is 0 Å². The summed E-state index contributed by atoms with van der Waals surface area (Å²) in [7, 11) is 0. The van der Waals surface area contributed by atoms with Gasteiger partial charge in [-0.25, -0.2) is 10.00 Å². The number of carbonyl (C=O) groups is 1. The molecule has 1 aliphatic rings. The third-order valence-corrected chi connectivity index (χ3v) is 6.32. The highest BCUT2D eigenvalue weighted by molar-refractivity contribution is 5.90. The number of likely N-dealkylation sites (tertiary alicyclic amines) is 1. The Morgan fingerprint density at radius 3 is 2.85 bits per heavy atom. The number of aromatic nitrogens is 4. The number of nitrogens with zero attached hydrogens (tertiary/aromatic N) is 5. The molecule has 0 spiro atoms. The predicted molar refractivity (Wildman–Crippen MR) is 129 cm³/mol. The molecule has 8 nitrogen and oxygen atoms in total. The highest BCUT2D eigenvalue weighted by Gasteiger charge is 2.26. The summed E-state index contributed by atoms with van der Waals surface area (Å²) in [6, 6.07) is 14.7. The molecular weight excluding hydrogens is 428 g/mol. The zero-order valence-electron chi connectivity index (χ0n) is 18.7. The summed E-state index contributed by atoms with van der Waals surface area (Å²) in [5, 5.41) is 13.4. The Labute approximate surface area is 197 Å². The Morgan fingerprint density at radius 2 is 2.06 bits per heavy atom. The summed E-state index contributed by atoms with van der Waals surface area (Å²) in [5.41, 5.74) is 7.75. The summed E-state index contributed by atoms with van der Waals surface area (Å²) >= 11 is 0. The van der Waals surface area contributed by atoms with Crippen LogP contribution in [-0.4, -0.2) is 48.7 Å². The van der Waals surface area contributed by atoms with E-state index in [-0.39, 0.29) is 0 Å². The number of benzene rings is 1. The Balaban J connectivity index is 1.34. The molecule has 4 aromatic rings. The van der Waals surface area contributed by atoms with Gasteiger partial charge in [0.25, 0.3) is 5.91 Å². The van der Waals surface area contributed by atoms with E-state index >= 15 is 0 Å². The van der Waals surface area contributed by atoms with Gasteiger partial charge in [-0.1, -0.05) is 30.3 Å². The molecule has 172 valence electrons. The molecule has 1 aromatic carbocycles. The number of carbonyl (C=O) groups excluding carboxylic acids is 1. The molecule has 1 fully saturated rings. The van der Waals surface area contributed by atoms with Gasteiger partial charge in [0.15, 0.2) is 0 Å². The Morgan fingerprint density at radius 1 is 1.18 bits per heavy atom. The number of hydrogen-bond acceptors (Lipinski definition) is 6. The highest BCUT2D eigenvalue weighted by Crippen LogP contribution is 2.33. The third-order valence-electron chi connectivity index (χ3n) is 6.32. The fourth-order valence-corrected chi connectivity index (χ4v) is 4.69. The van der Waals surface area contributed by atoms with Crippen LogP contribution in [0.4, 0.5) is 0 Å². The minimum Gasteiger partial charge on any atom is -0.296 e. The van der Waals surface area contributed by atoms with Crippen molar-refractivity contribution in [2.45, 2.75) is 25.3 Å². The van der Waals surface area contributed by atoms with Gasteiger partial charge in [0.05, 0.1) is 11.7 Å². The first-order valence-electron chi connectivity index (χ1n) is 11.4. The van der Waals surface area contributed by atoms with Crippen LogP contribution in [0.5, 0.6) is 0 Å². The zero-order chi connectivity index (χ0) is 23.3. The van der Waals surface area contributed by atoms with E-state index in [1.165, 1.54) is 17.2 Å². The number of hydroxylamine groups is 1. The molecule has 2 N–H and O–H groups in total. The van der Waals surface area contributed by atoms with E-state index < -0.39 is 5.91 Å². The second kappa shape index (κ2) is 9.94. The van der Waals surface area contributed by atoms with Crippen molar-refractivity contribution in [1.82, 2.24) is 30.0 Å². The number of hydrogen-bond donors (Lipinski definition) is 2. The Hall–Kier alpha value is -3.88. The topological polar surface area (TPSA) is 95.7 Å². The van der Waals surface area contributed by atoms with E-state index in [0.29, 0.717) is 6.04 Å². The fourth-order valence-electron chi connectivity index (χ4n) is 4.69. The molecule has 1 amide bonds. The standard InChI is InChI=1S/C26H26N6O2/c33-25(30-34)11-8-19-6-9-20(10-7-19)23-5-3-15-31(23)17-12-21-24-4-1-2-16-32(24)29-26(21)22-18-27-13-14-28-22/h1-2,4,6-11,13-14,16,18,23,34H,3,5,12,15,17H2,(H,30,33)/b11-8+/t23-/m0/s1. The number of amides is 1. The number of pyridine rings is 1. The molecule has 1 saturated heterocycles. The molecule has 0 unspecified atom stereocenters. The molecular formula is C26H26N6O2. The lowest BCUT2D eigenvalue weighted by Gasteiger charge is -2.25. The molecule has 5 rings (SSSR count). The van der Waals surface area contributed by atoms with Crippen LogP contribution in [0.3, 0.4) is 0 Å². The molecule has 8 heteroatoms. The van der Waals surface area contributed by atoms with Crippen LogP contribution in [0.15, 0.2) is 73.3 Å². The molecule has 3 aromatic heterocycles. The molecule has 0 radical (unpaired) electrons. The smallest absolute Gasteiger partial charge is 0.267 e. The van der Waals surface area contributed by atoms with E-state index in [4.69, 9.17) is 10.3 Å². The van der Waals surface area contributed by atoms with Crippen molar-refractivity contribution in [3.8, 4) is 11.4 Å². The van der Waals surface area contributed by atoms with Gasteiger partial charge < -0.3 is 0 Å². The van der Waals surface area contributed by atoms with Gasteiger partial charge in [-0.15, -0.1) is 0 Å². The second-order valence-corrected chi connectivity index (χ2v) is 8.37. The first-order valence-corrected chi connectivity index (χ1v) is 11.4. The zero-order valence-corrected chi connectivity index (χ0v) is 18.7. The first-order chi connectivity index (χ1) is 16.7. The van der Waals surface area contributed by atoms with Crippen molar-refractivity contribution >= 4 is 17.5 Å². The minimum atomic E-state index is -0.542. The van der Waals surface area contributed by atoms with E-state index in [1.54, 1.807) is 30.1 Å². The maximum absolute atomic E-state index is 11.2. The fraction of sp³-hybridized carbons (Fsp3) is 0.231. The van der Waals surface area contributed by atoms with Gasteiger partial charge in [-0.05, 0) is 55.1 Å². The van der Waals surface area contributed by atoms with Crippen LogP contribution in [-0.2, 0) is 11.2 Å². The van der Waals surface area contributed by atoms with E-state index in [9.17, 15) is 4.79 Å². The third kappa shape index (κ3) is 4.59. The van der Waals surface area contributed by atoms with Gasteiger partial charge in [0.2, 0.25) is 0 Å². The van der Waals surface area contributed by atoms with Crippen molar-refractivity contribution in [2.75, 3.05) is 13.1 Å². The first kappa shape index (κ1) is 21.9. The molecule has 0 aliphatic carbocycles. The van der Waals surface area contributed by atoms with Crippen LogP contribution in [0.1, 0.15) is 35.6 Å². The quantitative estimate of drug-likeness (QED) is 0.251. The van der Waals surface area contributed by atoms with Gasteiger partial charge in [-0.3, -0.25) is 24.9 Å². The predicted octanol–water partition coefficient (Wildman–Crippen LogP) is 3.69. The Kier molecular flexibility index (Phi) is 6.42. The summed E-state index contributed by atoms with van der Waals surface area (Å²) in [6.07, 6.45) is 13.3. The van der Waals surface area contributed by atoms with Gasteiger partial charge in [0, 0.05) is 42.8 Å². The number of nitrogens with one attached hydrogen (secondary N) is 1. The van der Waals surface area contributed by atoms with E-state index in [2.05, 4.69) is 33.1 Å². The van der Waals surface area contributed by atoms with Crippen LogP contribution in [0.2, 0.25) is 0 Å². The van der Waals surface area contributed by atoms with Crippen molar-refractivity contribution in [2.24, 2.45) is 0 Å². The van der Waals surface area contributed by atoms with Gasteiger partial charge in [0.1, 0.15) is 11.4 Å². The van der Waals surface area contributed by atoms with Gasteiger partial charge in [-0.2, -0.15) is 5.10 Å². The van der Waals surface area contributed by atoms with E-state index in [0.717, 1.165) is 54.8 Å². The highest BCUT2D eigenvalue weighted by atomic mass is 16.5. The minimum absolute atomic E-state index is 0.362. The van der Waals surface area contributed by atoms with Crippen molar-refractivity contribution < 1.29 is 10.0 Å². The maximum atomic E-state index is 11.2. The Bertz CT molecular complexity index is 1300. The van der Waals surface area contributed by atoms with Crippen LogP contribution >= 0.6 is 0 Å². The second-order valence-electron chi connectivity index (χ2n) is 8.37. The molecule has 0 saturated carbocycles. The molecule has 0 bridgehead atoms. The number of rotatable bonds is 7. The number of fused-ring (bicyclic) bond motifs is 1. The summed E-state index contributed by atoms with van der Waals surface area (Å²) < 4.78 is 1.92. The molecule has 4 heterocycles. The van der Waals surface area contributed by atoms with Crippen LogP contribution < -0.4 is 5.48 Å². The lowest BCUT2D eigenvalue weighted by Crippen LogP contribution is -2.25. The molecule has 1 atom stereocenters. The average molecular weight is 455 g/mol. The monoisotopic (exact) mass is 454 g/mol. The summed E-state index contributed by atoms with van der Waals surface area (Å²) in [6.45, 7) is 1.98. The average Bonchev–Trinajstić information content (AvgIpc) is 3.51. The molecule has 34 heavy (non-hydrogen) atoms.